The molecule has 0 N–H and O–H groups in total. The third-order valence-corrected chi connectivity index (χ3v) is 12.7. The zero-order chi connectivity index (χ0) is 21.4. The van der Waals surface area contributed by atoms with E-state index >= 15 is 0 Å². The molecule has 0 aliphatic heterocycles. The topological polar surface area (TPSA) is 43.4 Å². The highest BCUT2D eigenvalue weighted by atomic mass is 32.2. The fourth-order valence-corrected chi connectivity index (χ4v) is 11.2. The Bertz CT molecular complexity index is 585. The first-order valence-corrected chi connectivity index (χ1v) is 15.9. The van der Waals surface area contributed by atoms with E-state index in [4.69, 9.17) is 3.87 Å². The van der Waals surface area contributed by atoms with Crippen molar-refractivity contribution < 1.29 is 12.3 Å². The highest BCUT2D eigenvalue weighted by Crippen LogP contribution is 2.34. The average Bonchev–Trinajstić information content (AvgIpc) is 2.72. The van der Waals surface area contributed by atoms with Gasteiger partial charge < -0.3 is 3.87 Å². The minimum Gasteiger partial charge on any atom is -0.311 e. The molecule has 0 heterocycles. The molecule has 3 nitrogen and oxygen atoms in total. The Morgan fingerprint density at radius 3 is 1.45 bits per heavy atom. The largest absolute Gasteiger partial charge is 0.311 e. The summed E-state index contributed by atoms with van der Waals surface area (Å²) in [6.07, 6.45) is 14.1. The van der Waals surface area contributed by atoms with E-state index in [2.05, 4.69) is 20.8 Å². The van der Waals surface area contributed by atoms with Gasteiger partial charge in [0.15, 0.2) is 0 Å². The van der Waals surface area contributed by atoms with E-state index in [0.717, 1.165) is 37.4 Å². The van der Waals surface area contributed by atoms with E-state index in [9.17, 15) is 8.42 Å². The molecule has 1 aromatic carbocycles. The molecule has 0 saturated heterocycles. The molecular formula is C24H44O3SSi. The Kier molecular flexibility index (Phi) is 13.8. The second-order valence-electron chi connectivity index (χ2n) is 8.47. The molecule has 0 bridgehead atoms. The van der Waals surface area contributed by atoms with Gasteiger partial charge in [0.2, 0.25) is 8.32 Å². The van der Waals surface area contributed by atoms with Crippen molar-refractivity contribution >= 4 is 18.4 Å². The lowest BCUT2D eigenvalue weighted by Crippen LogP contribution is -2.40. The SMILES string of the molecule is CCCCCC[Si](CCCCCC)(CCCCCC)OS(=O)(=O)c1ccccc1. The molecule has 0 aromatic heterocycles. The van der Waals surface area contributed by atoms with Crippen molar-refractivity contribution in [3.05, 3.63) is 30.3 Å². The van der Waals surface area contributed by atoms with Crippen LogP contribution in [0.3, 0.4) is 0 Å². The number of hydrogen-bond acceptors (Lipinski definition) is 3. The van der Waals surface area contributed by atoms with E-state index in [-0.39, 0.29) is 0 Å². The van der Waals surface area contributed by atoms with Gasteiger partial charge in [0.05, 0.1) is 4.90 Å². The smallest absolute Gasteiger partial charge is 0.287 e. The summed E-state index contributed by atoms with van der Waals surface area (Å²) in [7, 11) is -6.04. The van der Waals surface area contributed by atoms with Gasteiger partial charge >= 0.3 is 0 Å². The van der Waals surface area contributed by atoms with Crippen molar-refractivity contribution in [2.24, 2.45) is 0 Å². The van der Waals surface area contributed by atoms with Crippen LogP contribution in [0.1, 0.15) is 97.8 Å². The van der Waals surface area contributed by atoms with E-state index in [1.807, 2.05) is 6.07 Å². The first kappa shape index (κ1) is 26.4. The van der Waals surface area contributed by atoms with Gasteiger partial charge in [0, 0.05) is 0 Å². The number of hydrogen-bond donors (Lipinski definition) is 0. The summed E-state index contributed by atoms with van der Waals surface area (Å²) in [5.74, 6) is 0. The molecule has 1 rings (SSSR count). The predicted octanol–water partition coefficient (Wildman–Crippen LogP) is 8.08. The minimum atomic E-state index is -3.68. The Morgan fingerprint density at radius 1 is 0.655 bits per heavy atom. The molecule has 0 saturated carbocycles. The second kappa shape index (κ2) is 15.2. The zero-order valence-electron chi connectivity index (χ0n) is 19.1. The van der Waals surface area contributed by atoms with E-state index in [1.54, 1.807) is 24.3 Å². The third kappa shape index (κ3) is 10.8. The van der Waals surface area contributed by atoms with Crippen LogP contribution < -0.4 is 0 Å². The van der Waals surface area contributed by atoms with Gasteiger partial charge in [-0.15, -0.1) is 0 Å². The molecule has 0 aliphatic carbocycles. The lowest BCUT2D eigenvalue weighted by molar-refractivity contribution is 0.462. The van der Waals surface area contributed by atoms with Gasteiger partial charge in [0.25, 0.3) is 10.1 Å². The Hall–Kier alpha value is -0.653. The second-order valence-corrected chi connectivity index (χ2v) is 14.4. The van der Waals surface area contributed by atoms with Crippen molar-refractivity contribution in [2.75, 3.05) is 0 Å². The van der Waals surface area contributed by atoms with Crippen molar-refractivity contribution in [2.45, 2.75) is 121 Å². The number of benzene rings is 1. The van der Waals surface area contributed by atoms with Gasteiger partial charge in [-0.05, 0) is 30.3 Å². The van der Waals surface area contributed by atoms with Gasteiger partial charge in [0.1, 0.15) is 0 Å². The van der Waals surface area contributed by atoms with Crippen LogP contribution in [0.15, 0.2) is 35.2 Å². The molecule has 1 aromatic rings. The van der Waals surface area contributed by atoms with Gasteiger partial charge in [-0.25, -0.2) is 0 Å². The van der Waals surface area contributed by atoms with Crippen molar-refractivity contribution in [1.82, 2.24) is 0 Å². The van der Waals surface area contributed by atoms with Crippen LogP contribution in [0.5, 0.6) is 0 Å². The molecule has 0 fully saturated rings. The van der Waals surface area contributed by atoms with Gasteiger partial charge in [-0.2, -0.15) is 8.42 Å². The summed E-state index contributed by atoms with van der Waals surface area (Å²) in [6, 6.07) is 11.7. The quantitative estimate of drug-likeness (QED) is 0.171. The summed E-state index contributed by atoms with van der Waals surface area (Å²) in [6.45, 7) is 6.66. The summed E-state index contributed by atoms with van der Waals surface area (Å²) in [5, 5.41) is 0. The van der Waals surface area contributed by atoms with Gasteiger partial charge in [-0.3, -0.25) is 0 Å². The summed E-state index contributed by atoms with van der Waals surface area (Å²) in [5.41, 5.74) is 0. The first-order valence-electron chi connectivity index (χ1n) is 12.0. The summed E-state index contributed by atoms with van der Waals surface area (Å²) in [4.78, 5) is 0.313. The molecule has 0 radical (unpaired) electrons. The minimum absolute atomic E-state index is 0.313. The lowest BCUT2D eigenvalue weighted by Gasteiger charge is -2.31. The molecule has 0 unspecified atom stereocenters. The molecule has 0 amide bonds. The van der Waals surface area contributed by atoms with Gasteiger partial charge in [-0.1, -0.05) is 116 Å². The fourth-order valence-electron chi connectivity index (χ4n) is 3.99. The van der Waals surface area contributed by atoms with Crippen LogP contribution in [0.25, 0.3) is 0 Å². The van der Waals surface area contributed by atoms with Crippen LogP contribution in [-0.4, -0.2) is 16.7 Å². The summed E-state index contributed by atoms with van der Waals surface area (Å²) >= 11 is 0. The van der Waals surface area contributed by atoms with Crippen LogP contribution in [0.4, 0.5) is 0 Å². The van der Waals surface area contributed by atoms with E-state index < -0.39 is 18.4 Å². The van der Waals surface area contributed by atoms with Crippen molar-refractivity contribution in [1.29, 1.82) is 0 Å². The predicted molar refractivity (Wildman–Crippen MR) is 127 cm³/mol. The Balaban J connectivity index is 2.99. The molecule has 29 heavy (non-hydrogen) atoms. The fraction of sp³-hybridized carbons (Fsp3) is 0.750. The number of unbranched alkanes of at least 4 members (excludes halogenated alkanes) is 9. The maximum atomic E-state index is 13.1. The van der Waals surface area contributed by atoms with Crippen LogP contribution in [0, 0.1) is 0 Å². The highest BCUT2D eigenvalue weighted by molar-refractivity contribution is 7.87. The normalized spacial score (nSPS) is 12.4. The van der Waals surface area contributed by atoms with Crippen LogP contribution in [0.2, 0.25) is 18.1 Å². The first-order chi connectivity index (χ1) is 14.0. The molecule has 0 aliphatic rings. The Morgan fingerprint density at radius 2 is 1.07 bits per heavy atom. The lowest BCUT2D eigenvalue weighted by atomic mass is 10.2. The van der Waals surface area contributed by atoms with E-state index in [0.29, 0.717) is 4.90 Å². The van der Waals surface area contributed by atoms with Crippen LogP contribution in [-0.2, 0) is 14.0 Å². The van der Waals surface area contributed by atoms with E-state index in [1.165, 1.54) is 57.8 Å². The number of rotatable bonds is 18. The van der Waals surface area contributed by atoms with Crippen molar-refractivity contribution in [3.63, 3.8) is 0 Å². The molecule has 168 valence electrons. The molecule has 0 spiro atoms. The van der Waals surface area contributed by atoms with Crippen molar-refractivity contribution in [3.8, 4) is 0 Å². The molecule has 0 atom stereocenters. The van der Waals surface area contributed by atoms with Crippen LogP contribution >= 0.6 is 0 Å². The third-order valence-electron chi connectivity index (χ3n) is 5.78. The molecular weight excluding hydrogens is 396 g/mol. The monoisotopic (exact) mass is 440 g/mol. The maximum absolute atomic E-state index is 13.1. The highest BCUT2D eigenvalue weighted by Gasteiger charge is 2.39. The Labute approximate surface area is 181 Å². The standard InChI is InChI=1S/C24H44O3SSi/c1-4-7-10-16-21-29(22-17-11-8-5-2,23-18-12-9-6-3)27-28(25,26)24-19-14-13-15-20-24/h13-15,19-20H,4-12,16-18,21-23H2,1-3H3. The zero-order valence-corrected chi connectivity index (χ0v) is 20.9. The molecule has 5 heteroatoms. The summed E-state index contributed by atoms with van der Waals surface area (Å²) < 4.78 is 32.5. The maximum Gasteiger partial charge on any atom is 0.287 e. The average molecular weight is 441 g/mol.